The van der Waals surface area contributed by atoms with Gasteiger partial charge in [-0.05, 0) is 69.9 Å². The highest BCUT2D eigenvalue weighted by atomic mass is 16.5. The molecule has 1 aliphatic heterocycles. The minimum absolute atomic E-state index is 0.0666. The van der Waals surface area contributed by atoms with Crippen LogP contribution < -0.4 is 19.7 Å². The van der Waals surface area contributed by atoms with Gasteiger partial charge < -0.3 is 24.8 Å². The molecule has 1 atom stereocenters. The second kappa shape index (κ2) is 12.8. The van der Waals surface area contributed by atoms with Crippen molar-refractivity contribution in [2.75, 3.05) is 29.9 Å². The molecule has 1 aliphatic rings. The van der Waals surface area contributed by atoms with Crippen LogP contribution in [0, 0.1) is 5.41 Å². The summed E-state index contributed by atoms with van der Waals surface area (Å²) in [5.74, 6) is 1.94. The molecule has 4 heterocycles. The van der Waals surface area contributed by atoms with Crippen LogP contribution >= 0.6 is 0 Å². The first-order valence-electron chi connectivity index (χ1n) is 14.0. The number of anilines is 3. The summed E-state index contributed by atoms with van der Waals surface area (Å²) in [4.78, 5) is 36.3. The Morgan fingerprint density at radius 3 is 2.83 bits per heavy atom. The van der Waals surface area contributed by atoms with Gasteiger partial charge in [-0.2, -0.15) is 0 Å². The molecule has 218 valence electrons. The molecule has 2 N–H and O–H groups in total. The van der Waals surface area contributed by atoms with Gasteiger partial charge in [-0.25, -0.2) is 19.9 Å². The number of pyridine rings is 1. The molecule has 11 nitrogen and oxygen atoms in total. The van der Waals surface area contributed by atoms with E-state index < -0.39 is 11.4 Å². The highest BCUT2D eigenvalue weighted by molar-refractivity contribution is 5.74. The zero-order valence-electron chi connectivity index (χ0n) is 24.0. The van der Waals surface area contributed by atoms with E-state index in [0.29, 0.717) is 48.7 Å². The van der Waals surface area contributed by atoms with Crippen molar-refractivity contribution in [2.24, 2.45) is 5.41 Å². The van der Waals surface area contributed by atoms with Gasteiger partial charge in [-0.1, -0.05) is 18.2 Å². The van der Waals surface area contributed by atoms with Crippen LogP contribution in [-0.2, 0) is 11.2 Å². The zero-order valence-corrected chi connectivity index (χ0v) is 24.0. The van der Waals surface area contributed by atoms with Gasteiger partial charge in [-0.3, -0.25) is 9.78 Å². The number of benzene rings is 1. The van der Waals surface area contributed by atoms with Crippen LogP contribution in [0.4, 0.5) is 17.6 Å². The van der Waals surface area contributed by atoms with Crippen LogP contribution in [-0.4, -0.2) is 61.8 Å². The lowest BCUT2D eigenvalue weighted by molar-refractivity contribution is -0.146. The van der Waals surface area contributed by atoms with Crippen molar-refractivity contribution in [3.8, 4) is 22.9 Å². The number of piperidine rings is 1. The Kier molecular flexibility index (Phi) is 8.75. The second-order valence-corrected chi connectivity index (χ2v) is 10.8. The summed E-state index contributed by atoms with van der Waals surface area (Å²) < 4.78 is 11.9. The van der Waals surface area contributed by atoms with Crippen molar-refractivity contribution in [3.05, 3.63) is 72.8 Å². The van der Waals surface area contributed by atoms with Gasteiger partial charge in [0, 0.05) is 24.5 Å². The van der Waals surface area contributed by atoms with E-state index in [2.05, 4.69) is 30.2 Å². The van der Waals surface area contributed by atoms with Crippen molar-refractivity contribution in [2.45, 2.75) is 46.1 Å². The van der Waals surface area contributed by atoms with Crippen molar-refractivity contribution in [3.63, 3.8) is 0 Å². The van der Waals surface area contributed by atoms with Crippen LogP contribution in [0.25, 0.3) is 11.3 Å². The molecular weight excluding hydrogens is 534 g/mol. The van der Waals surface area contributed by atoms with Gasteiger partial charge in [0.25, 0.3) is 5.88 Å². The predicted octanol–water partition coefficient (Wildman–Crippen LogP) is 5.17. The Balaban J connectivity index is 1.27. The molecule has 3 aromatic heterocycles. The average molecular weight is 570 g/mol. The van der Waals surface area contributed by atoms with E-state index in [1.807, 2.05) is 49.4 Å². The number of hydrogen-bond donors (Lipinski definition) is 2. The fourth-order valence-corrected chi connectivity index (χ4v) is 4.82. The maximum absolute atomic E-state index is 11.6. The summed E-state index contributed by atoms with van der Waals surface area (Å²) in [5, 5.41) is 12.7. The monoisotopic (exact) mass is 569 g/mol. The normalized spacial score (nSPS) is 15.2. The topological polar surface area (TPSA) is 135 Å². The van der Waals surface area contributed by atoms with E-state index in [-0.39, 0.29) is 6.10 Å². The molecule has 0 unspecified atom stereocenters. The number of ether oxygens (including phenoxy) is 2. The third kappa shape index (κ3) is 7.09. The van der Waals surface area contributed by atoms with Gasteiger partial charge in [0.15, 0.2) is 11.6 Å². The Morgan fingerprint density at radius 2 is 2.00 bits per heavy atom. The van der Waals surface area contributed by atoms with Crippen molar-refractivity contribution in [1.29, 1.82) is 0 Å². The zero-order chi connectivity index (χ0) is 29.5. The number of carboxylic acids is 1. The first kappa shape index (κ1) is 28.7. The molecule has 0 aliphatic carbocycles. The lowest BCUT2D eigenvalue weighted by Crippen LogP contribution is -2.41. The fraction of sp³-hybridized carbons (Fsp3) is 0.355. The van der Waals surface area contributed by atoms with E-state index >= 15 is 0 Å². The third-order valence-electron chi connectivity index (χ3n) is 6.98. The van der Waals surface area contributed by atoms with Crippen molar-refractivity contribution >= 4 is 23.6 Å². The molecule has 0 spiro atoms. The first-order valence-corrected chi connectivity index (χ1v) is 14.0. The molecule has 0 amide bonds. The molecule has 0 radical (unpaired) electrons. The minimum atomic E-state index is -0.869. The number of carbonyl (C=O) groups is 1. The Morgan fingerprint density at radius 1 is 1.12 bits per heavy atom. The second-order valence-electron chi connectivity index (χ2n) is 10.8. The molecule has 4 aromatic rings. The molecule has 0 bridgehead atoms. The first-order chi connectivity index (χ1) is 20.3. The molecule has 1 saturated heterocycles. The summed E-state index contributed by atoms with van der Waals surface area (Å²) in [6.45, 7) is 7.39. The lowest BCUT2D eigenvalue weighted by atomic mass is 9.85. The number of aromatic nitrogens is 5. The number of nitrogens with zero attached hydrogens (tertiary/aromatic N) is 6. The van der Waals surface area contributed by atoms with E-state index in [4.69, 9.17) is 14.5 Å². The number of rotatable bonds is 11. The van der Waals surface area contributed by atoms with Crippen LogP contribution in [0.3, 0.4) is 0 Å². The molecule has 0 saturated carbocycles. The minimum Gasteiger partial charge on any atom is -0.488 e. The van der Waals surface area contributed by atoms with Crippen LogP contribution in [0.15, 0.2) is 67.3 Å². The Hall–Kier alpha value is -4.80. The highest BCUT2D eigenvalue weighted by Crippen LogP contribution is 2.29. The van der Waals surface area contributed by atoms with Crippen LogP contribution in [0.2, 0.25) is 0 Å². The quantitative estimate of drug-likeness (QED) is 0.247. The Bertz CT molecular complexity index is 1530. The lowest BCUT2D eigenvalue weighted by Gasteiger charge is -2.33. The average Bonchev–Trinajstić information content (AvgIpc) is 2.99. The summed E-state index contributed by atoms with van der Waals surface area (Å²) >= 11 is 0. The SMILES string of the molecule is CCOc1cccnc1O[C@@H]1CCCN(c2cncc(Nc3nccc(-c4cccc(CC(C)(C)C(=O)O)c4)n3)n2)C1. The maximum atomic E-state index is 11.6. The number of nitrogens with one attached hydrogen (secondary N) is 1. The van der Waals surface area contributed by atoms with Crippen molar-refractivity contribution < 1.29 is 19.4 Å². The van der Waals surface area contributed by atoms with Gasteiger partial charge >= 0.3 is 5.97 Å². The molecule has 1 fully saturated rings. The third-order valence-corrected chi connectivity index (χ3v) is 6.98. The van der Waals surface area contributed by atoms with E-state index in [0.717, 1.165) is 36.3 Å². The molecule has 5 rings (SSSR count). The largest absolute Gasteiger partial charge is 0.488 e. The van der Waals surface area contributed by atoms with Crippen LogP contribution in [0.1, 0.15) is 39.2 Å². The van der Waals surface area contributed by atoms with Gasteiger partial charge in [0.1, 0.15) is 11.9 Å². The summed E-state index contributed by atoms with van der Waals surface area (Å²) in [7, 11) is 0. The molecule has 42 heavy (non-hydrogen) atoms. The highest BCUT2D eigenvalue weighted by Gasteiger charge is 2.27. The van der Waals surface area contributed by atoms with E-state index in [9.17, 15) is 9.90 Å². The molecule has 11 heteroatoms. The summed E-state index contributed by atoms with van der Waals surface area (Å²) in [6.07, 6.45) is 8.93. The summed E-state index contributed by atoms with van der Waals surface area (Å²) in [6, 6.07) is 13.3. The summed E-state index contributed by atoms with van der Waals surface area (Å²) in [5.41, 5.74) is 1.64. The van der Waals surface area contributed by atoms with Gasteiger partial charge in [0.2, 0.25) is 5.95 Å². The molecular formula is C31H35N7O4. The fourth-order valence-electron chi connectivity index (χ4n) is 4.82. The maximum Gasteiger partial charge on any atom is 0.309 e. The van der Waals surface area contributed by atoms with Gasteiger partial charge in [0.05, 0.1) is 36.7 Å². The molecule has 1 aromatic carbocycles. The van der Waals surface area contributed by atoms with Gasteiger partial charge in [-0.15, -0.1) is 0 Å². The van der Waals surface area contributed by atoms with E-state index in [1.165, 1.54) is 0 Å². The number of aliphatic carboxylic acids is 1. The number of hydrogen-bond acceptors (Lipinski definition) is 10. The van der Waals surface area contributed by atoms with Crippen molar-refractivity contribution in [1.82, 2.24) is 24.9 Å². The standard InChI is InChI=1S/C31H35N7O4/c1-4-41-25-11-6-13-33-28(25)42-23-10-7-15-38(20-23)27-19-32-18-26(36-27)37-30-34-14-12-24(35-30)22-9-5-8-21(16-22)17-31(2,3)29(39)40/h5-6,8-9,11-14,16,18-19,23H,4,7,10,15,17,20H2,1-3H3,(H,39,40)(H,34,35,36,37)/t23-/m1/s1. The predicted molar refractivity (Wildman–Crippen MR) is 159 cm³/mol. The Labute approximate surface area is 245 Å². The van der Waals surface area contributed by atoms with Crippen LogP contribution in [0.5, 0.6) is 11.6 Å². The smallest absolute Gasteiger partial charge is 0.309 e. The number of carboxylic acid groups (broad SMARTS) is 1. The van der Waals surface area contributed by atoms with E-state index in [1.54, 1.807) is 38.6 Å².